The van der Waals surface area contributed by atoms with Gasteiger partial charge in [0.2, 0.25) is 0 Å². The normalized spacial score (nSPS) is 21.8. The minimum atomic E-state index is -0.0267. The van der Waals surface area contributed by atoms with Crippen molar-refractivity contribution in [1.82, 2.24) is 5.43 Å². The van der Waals surface area contributed by atoms with Crippen LogP contribution in [0.15, 0.2) is 18.2 Å². The van der Waals surface area contributed by atoms with Gasteiger partial charge in [0.1, 0.15) is 0 Å². The average molecular weight is 271 g/mol. The molecule has 0 aliphatic carbocycles. The van der Waals surface area contributed by atoms with Crippen molar-refractivity contribution in [1.29, 1.82) is 0 Å². The number of hydrazine groups is 1. The molecule has 4 nitrogen and oxygen atoms in total. The van der Waals surface area contributed by atoms with Crippen LogP contribution >= 0.6 is 11.6 Å². The van der Waals surface area contributed by atoms with E-state index in [9.17, 15) is 0 Å². The Labute approximate surface area is 112 Å². The molecule has 2 rings (SSSR count). The third kappa shape index (κ3) is 3.43. The van der Waals surface area contributed by atoms with Gasteiger partial charge in [0, 0.05) is 5.02 Å². The van der Waals surface area contributed by atoms with Gasteiger partial charge in [0.05, 0.1) is 32.0 Å². The molecule has 1 saturated heterocycles. The molecular weight excluding hydrogens is 252 g/mol. The molecule has 0 bridgehead atoms. The third-order valence-electron chi connectivity index (χ3n) is 3.15. The molecule has 0 saturated carbocycles. The zero-order valence-electron chi connectivity index (χ0n) is 10.5. The molecular formula is C13H19ClN2O2. The van der Waals surface area contributed by atoms with Gasteiger partial charge >= 0.3 is 0 Å². The minimum absolute atomic E-state index is 0.00510. The highest BCUT2D eigenvalue weighted by Gasteiger charge is 2.25. The third-order valence-corrected chi connectivity index (χ3v) is 3.50. The van der Waals surface area contributed by atoms with Crippen LogP contribution in [0.25, 0.3) is 0 Å². The fraction of sp³-hybridized carbons (Fsp3) is 0.538. The summed E-state index contributed by atoms with van der Waals surface area (Å²) < 4.78 is 11.1. The zero-order valence-corrected chi connectivity index (χ0v) is 11.2. The summed E-state index contributed by atoms with van der Waals surface area (Å²) in [5.41, 5.74) is 5.02. The molecule has 18 heavy (non-hydrogen) atoms. The first-order valence-corrected chi connectivity index (χ1v) is 6.49. The summed E-state index contributed by atoms with van der Waals surface area (Å²) in [5, 5.41) is 0.770. The topological polar surface area (TPSA) is 56.5 Å². The zero-order chi connectivity index (χ0) is 13.0. The van der Waals surface area contributed by atoms with Crippen LogP contribution in [0.4, 0.5) is 0 Å². The Morgan fingerprint density at radius 2 is 2.33 bits per heavy atom. The van der Waals surface area contributed by atoms with Crippen LogP contribution in [-0.2, 0) is 15.9 Å². The van der Waals surface area contributed by atoms with Gasteiger partial charge in [-0.2, -0.15) is 0 Å². The number of aryl methyl sites for hydroxylation is 1. The highest BCUT2D eigenvalue weighted by Crippen LogP contribution is 2.20. The number of benzene rings is 1. The number of nitrogens with two attached hydrogens (primary N) is 1. The van der Waals surface area contributed by atoms with Crippen LogP contribution in [0, 0.1) is 6.92 Å². The second-order valence-electron chi connectivity index (χ2n) is 4.56. The first-order valence-electron chi connectivity index (χ1n) is 6.11. The van der Waals surface area contributed by atoms with Gasteiger partial charge < -0.3 is 9.47 Å². The molecule has 100 valence electrons. The summed E-state index contributed by atoms with van der Waals surface area (Å²) in [6.45, 7) is 3.86. The first-order chi connectivity index (χ1) is 8.70. The van der Waals surface area contributed by atoms with Gasteiger partial charge in [-0.05, 0) is 30.5 Å². The Kier molecular flexibility index (Phi) is 4.97. The van der Waals surface area contributed by atoms with Gasteiger partial charge in [-0.3, -0.25) is 11.3 Å². The highest BCUT2D eigenvalue weighted by atomic mass is 35.5. The van der Waals surface area contributed by atoms with Crippen molar-refractivity contribution < 1.29 is 9.47 Å². The lowest BCUT2D eigenvalue weighted by atomic mass is 10.0. The van der Waals surface area contributed by atoms with Gasteiger partial charge in [0.25, 0.3) is 0 Å². The lowest BCUT2D eigenvalue weighted by Crippen LogP contribution is -2.50. The maximum absolute atomic E-state index is 6.23. The van der Waals surface area contributed by atoms with Gasteiger partial charge in [-0.25, -0.2) is 0 Å². The van der Waals surface area contributed by atoms with Crippen LogP contribution in [0.3, 0.4) is 0 Å². The Bertz CT molecular complexity index is 395. The summed E-state index contributed by atoms with van der Waals surface area (Å²) in [5.74, 6) is 5.60. The van der Waals surface area contributed by atoms with Crippen LogP contribution in [0.1, 0.15) is 11.1 Å². The Hall–Kier alpha value is -0.650. The summed E-state index contributed by atoms with van der Waals surface area (Å²) in [7, 11) is 0. The molecule has 1 aromatic rings. The van der Waals surface area contributed by atoms with E-state index < -0.39 is 0 Å². The highest BCUT2D eigenvalue weighted by molar-refractivity contribution is 6.31. The standard InChI is InChI=1S/C13H19ClN2O2/c1-9-2-3-10(11(14)6-9)7-12(16-15)13-8-17-4-5-18-13/h2-3,6,12-13,16H,4-5,7-8,15H2,1H3. The SMILES string of the molecule is Cc1ccc(CC(NN)C2COCCO2)c(Cl)c1. The molecule has 1 aliphatic rings. The number of hydrogen-bond donors (Lipinski definition) is 2. The molecule has 0 spiro atoms. The van der Waals surface area contributed by atoms with Crippen molar-refractivity contribution in [3.63, 3.8) is 0 Å². The predicted octanol–water partition coefficient (Wildman–Crippen LogP) is 1.44. The number of nitrogens with one attached hydrogen (secondary N) is 1. The van der Waals surface area contributed by atoms with Crippen molar-refractivity contribution in [2.24, 2.45) is 5.84 Å². The van der Waals surface area contributed by atoms with Crippen molar-refractivity contribution in [2.45, 2.75) is 25.5 Å². The van der Waals surface area contributed by atoms with Crippen LogP contribution in [0.2, 0.25) is 5.02 Å². The molecule has 0 aromatic heterocycles. The van der Waals surface area contributed by atoms with E-state index >= 15 is 0 Å². The Morgan fingerprint density at radius 1 is 1.50 bits per heavy atom. The number of hydrogen-bond acceptors (Lipinski definition) is 4. The summed E-state index contributed by atoms with van der Waals surface area (Å²) in [4.78, 5) is 0. The lowest BCUT2D eigenvalue weighted by molar-refractivity contribution is -0.101. The van der Waals surface area contributed by atoms with Crippen LogP contribution < -0.4 is 11.3 Å². The summed E-state index contributed by atoms with van der Waals surface area (Å²) in [6, 6.07) is 6.05. The summed E-state index contributed by atoms with van der Waals surface area (Å²) in [6.07, 6.45) is 0.699. The van der Waals surface area contributed by atoms with E-state index in [1.807, 2.05) is 25.1 Å². The minimum Gasteiger partial charge on any atom is -0.376 e. The molecule has 0 radical (unpaired) electrons. The van der Waals surface area contributed by atoms with Crippen molar-refractivity contribution >= 4 is 11.6 Å². The molecule has 1 aliphatic heterocycles. The maximum Gasteiger partial charge on any atom is 0.0978 e. The fourth-order valence-corrected chi connectivity index (χ4v) is 2.40. The molecule has 5 heteroatoms. The monoisotopic (exact) mass is 270 g/mol. The summed E-state index contributed by atoms with van der Waals surface area (Å²) >= 11 is 6.23. The molecule has 2 unspecified atom stereocenters. The van der Waals surface area contributed by atoms with E-state index in [0.717, 1.165) is 22.6 Å². The molecule has 1 aromatic carbocycles. The van der Waals surface area contributed by atoms with Gasteiger partial charge in [-0.15, -0.1) is 0 Å². The van der Waals surface area contributed by atoms with E-state index in [4.69, 9.17) is 26.9 Å². The fourth-order valence-electron chi connectivity index (χ4n) is 2.09. The van der Waals surface area contributed by atoms with Crippen LogP contribution in [0.5, 0.6) is 0 Å². The average Bonchev–Trinajstić information content (AvgIpc) is 2.39. The van der Waals surface area contributed by atoms with E-state index in [2.05, 4.69) is 5.43 Å². The van der Waals surface area contributed by atoms with E-state index in [0.29, 0.717) is 19.8 Å². The van der Waals surface area contributed by atoms with Crippen molar-refractivity contribution in [3.8, 4) is 0 Å². The predicted molar refractivity (Wildman–Crippen MR) is 71.6 cm³/mol. The van der Waals surface area contributed by atoms with E-state index in [-0.39, 0.29) is 12.1 Å². The Balaban J connectivity index is 2.04. The van der Waals surface area contributed by atoms with Gasteiger partial charge in [0.15, 0.2) is 0 Å². The number of ether oxygens (including phenoxy) is 2. The number of rotatable bonds is 4. The maximum atomic E-state index is 6.23. The molecule has 2 atom stereocenters. The molecule has 1 heterocycles. The van der Waals surface area contributed by atoms with Crippen molar-refractivity contribution in [2.75, 3.05) is 19.8 Å². The second-order valence-corrected chi connectivity index (χ2v) is 4.96. The van der Waals surface area contributed by atoms with Gasteiger partial charge in [-0.1, -0.05) is 23.7 Å². The molecule has 1 fully saturated rings. The number of halogens is 1. The smallest absolute Gasteiger partial charge is 0.0978 e. The van der Waals surface area contributed by atoms with Crippen molar-refractivity contribution in [3.05, 3.63) is 34.3 Å². The lowest BCUT2D eigenvalue weighted by Gasteiger charge is -2.30. The first kappa shape index (κ1) is 13.8. The Morgan fingerprint density at radius 3 is 2.94 bits per heavy atom. The van der Waals surface area contributed by atoms with E-state index in [1.165, 1.54) is 0 Å². The molecule has 0 amide bonds. The second kappa shape index (κ2) is 6.50. The quantitative estimate of drug-likeness (QED) is 0.642. The molecule has 3 N–H and O–H groups in total. The van der Waals surface area contributed by atoms with Crippen LogP contribution in [-0.4, -0.2) is 32.0 Å². The largest absolute Gasteiger partial charge is 0.376 e. The van der Waals surface area contributed by atoms with E-state index in [1.54, 1.807) is 0 Å².